The van der Waals surface area contributed by atoms with Gasteiger partial charge < -0.3 is 15.0 Å². The Labute approximate surface area is 182 Å². The third-order valence-corrected chi connectivity index (χ3v) is 8.94. The Bertz CT molecular complexity index is 738. The fraction of sp³-hybridized carbons (Fsp3) is 0.731. The predicted molar refractivity (Wildman–Crippen MR) is 123 cm³/mol. The van der Waals surface area contributed by atoms with Crippen LogP contribution in [0.2, 0.25) is 0 Å². The van der Waals surface area contributed by atoms with Gasteiger partial charge in [0.1, 0.15) is 0 Å². The van der Waals surface area contributed by atoms with Crippen molar-refractivity contribution in [3.8, 4) is 0 Å². The van der Waals surface area contributed by atoms with E-state index in [9.17, 15) is 4.79 Å². The summed E-state index contributed by atoms with van der Waals surface area (Å²) in [5, 5.41) is 3.12. The van der Waals surface area contributed by atoms with E-state index in [1.165, 1.54) is 44.1 Å². The molecule has 4 rings (SSSR count). The van der Waals surface area contributed by atoms with Gasteiger partial charge in [0.15, 0.2) is 0 Å². The van der Waals surface area contributed by atoms with Crippen LogP contribution in [-0.2, 0) is 4.74 Å². The number of aryl methyl sites for hydroxylation is 1. The molecule has 0 spiro atoms. The maximum absolute atomic E-state index is 13.2. The fourth-order valence-electron chi connectivity index (χ4n) is 6.35. The van der Waals surface area contributed by atoms with Gasteiger partial charge in [-0.25, -0.2) is 4.79 Å². The van der Waals surface area contributed by atoms with E-state index in [0.29, 0.717) is 30.7 Å². The van der Waals surface area contributed by atoms with Gasteiger partial charge >= 0.3 is 6.03 Å². The van der Waals surface area contributed by atoms with Gasteiger partial charge in [0.05, 0.1) is 12.7 Å². The number of urea groups is 1. The molecule has 4 nitrogen and oxygen atoms in total. The van der Waals surface area contributed by atoms with Crippen LogP contribution in [0.1, 0.15) is 77.7 Å². The molecule has 3 atom stereocenters. The number of nitrogens with one attached hydrogen (secondary N) is 1. The molecule has 0 aromatic heterocycles. The first-order chi connectivity index (χ1) is 14.3. The van der Waals surface area contributed by atoms with E-state index in [2.05, 4.69) is 37.9 Å². The molecule has 3 unspecified atom stereocenters. The molecule has 3 aliphatic rings. The minimum absolute atomic E-state index is 0.0221. The number of carbonyl (C=O) groups is 1. The van der Waals surface area contributed by atoms with Crippen molar-refractivity contribution < 1.29 is 9.53 Å². The van der Waals surface area contributed by atoms with Gasteiger partial charge in [0, 0.05) is 18.3 Å². The molecule has 1 N–H and O–H groups in total. The van der Waals surface area contributed by atoms with Crippen molar-refractivity contribution in [1.82, 2.24) is 4.90 Å². The predicted octanol–water partition coefficient (Wildman–Crippen LogP) is 6.39. The summed E-state index contributed by atoms with van der Waals surface area (Å²) in [6.45, 7) is 10.7. The quantitative estimate of drug-likeness (QED) is 0.588. The molecule has 2 amide bonds. The van der Waals surface area contributed by atoms with Crippen molar-refractivity contribution in [2.45, 2.75) is 91.2 Å². The number of nitrogens with zero attached hydrogens (tertiary/aromatic N) is 1. The molecule has 1 aromatic carbocycles. The minimum atomic E-state index is 0.0221. The summed E-state index contributed by atoms with van der Waals surface area (Å²) in [7, 11) is 0. The van der Waals surface area contributed by atoms with Crippen LogP contribution >= 0.6 is 0 Å². The van der Waals surface area contributed by atoms with Crippen LogP contribution in [0.4, 0.5) is 10.5 Å². The average Bonchev–Trinajstić information content (AvgIpc) is 3.07. The van der Waals surface area contributed by atoms with Crippen molar-refractivity contribution in [1.29, 1.82) is 0 Å². The molecule has 3 saturated carbocycles. The van der Waals surface area contributed by atoms with Crippen molar-refractivity contribution in [3.05, 3.63) is 29.8 Å². The van der Waals surface area contributed by atoms with E-state index < -0.39 is 0 Å². The standard InChI is InChI=1S/C26H40N2O2/c1-19-10-12-21(13-11-19)27-24(29)28(22-8-6-5-7-9-22)16-17-30-23-18-20-14-15-26(23,4)25(20,2)3/h10-13,20,22-23H,5-9,14-18H2,1-4H3,(H,27,29). The summed E-state index contributed by atoms with van der Waals surface area (Å²) >= 11 is 0. The molecule has 2 bridgehead atoms. The number of rotatable bonds is 6. The zero-order valence-electron chi connectivity index (χ0n) is 19.4. The SMILES string of the molecule is Cc1ccc(NC(=O)N(CCOC2CC3CCC2(C)C3(C)C)C2CCCCC2)cc1. The first-order valence-corrected chi connectivity index (χ1v) is 12.1. The van der Waals surface area contributed by atoms with Crippen molar-refractivity contribution in [3.63, 3.8) is 0 Å². The topological polar surface area (TPSA) is 41.6 Å². The lowest BCUT2D eigenvalue weighted by Gasteiger charge is -2.39. The maximum Gasteiger partial charge on any atom is 0.322 e. The van der Waals surface area contributed by atoms with Gasteiger partial charge in [-0.2, -0.15) is 0 Å². The summed E-state index contributed by atoms with van der Waals surface area (Å²) in [6, 6.07) is 8.42. The monoisotopic (exact) mass is 412 g/mol. The lowest BCUT2D eigenvalue weighted by Crippen LogP contribution is -2.46. The van der Waals surface area contributed by atoms with E-state index in [0.717, 1.165) is 24.4 Å². The Balaban J connectivity index is 1.38. The summed E-state index contributed by atoms with van der Waals surface area (Å²) in [4.78, 5) is 15.2. The Morgan fingerprint density at radius 3 is 2.40 bits per heavy atom. The molecule has 3 fully saturated rings. The van der Waals surface area contributed by atoms with E-state index in [1.807, 2.05) is 24.3 Å². The van der Waals surface area contributed by atoms with Crippen LogP contribution in [0.25, 0.3) is 0 Å². The second-order valence-corrected chi connectivity index (χ2v) is 10.8. The van der Waals surface area contributed by atoms with Crippen LogP contribution < -0.4 is 5.32 Å². The highest BCUT2D eigenvalue weighted by Crippen LogP contribution is 2.66. The smallest absolute Gasteiger partial charge is 0.322 e. The Hall–Kier alpha value is -1.55. The summed E-state index contributed by atoms with van der Waals surface area (Å²) in [5.41, 5.74) is 2.71. The number of hydrogen-bond donors (Lipinski definition) is 1. The summed E-state index contributed by atoms with van der Waals surface area (Å²) in [5.74, 6) is 0.784. The van der Waals surface area contributed by atoms with E-state index >= 15 is 0 Å². The first-order valence-electron chi connectivity index (χ1n) is 12.1. The minimum Gasteiger partial charge on any atom is -0.376 e. The highest BCUT2D eigenvalue weighted by molar-refractivity contribution is 5.89. The van der Waals surface area contributed by atoms with Crippen LogP contribution in [-0.4, -0.2) is 36.2 Å². The Kier molecular flexibility index (Phi) is 6.16. The van der Waals surface area contributed by atoms with Crippen molar-refractivity contribution in [2.24, 2.45) is 16.7 Å². The summed E-state index contributed by atoms with van der Waals surface area (Å²) < 4.78 is 6.49. The molecule has 166 valence electrons. The molecule has 0 aliphatic heterocycles. The normalized spacial score (nSPS) is 30.4. The summed E-state index contributed by atoms with van der Waals surface area (Å²) in [6.07, 6.45) is 10.1. The van der Waals surface area contributed by atoms with Gasteiger partial charge in [0.2, 0.25) is 0 Å². The third kappa shape index (κ3) is 4.00. The second kappa shape index (κ2) is 8.53. The van der Waals surface area contributed by atoms with E-state index in [-0.39, 0.29) is 11.4 Å². The Morgan fingerprint density at radius 1 is 1.10 bits per heavy atom. The molecule has 30 heavy (non-hydrogen) atoms. The van der Waals surface area contributed by atoms with E-state index in [1.54, 1.807) is 0 Å². The lowest BCUT2D eigenvalue weighted by molar-refractivity contribution is -0.0517. The largest absolute Gasteiger partial charge is 0.376 e. The maximum atomic E-state index is 13.2. The van der Waals surface area contributed by atoms with Crippen LogP contribution in [0.15, 0.2) is 24.3 Å². The number of ether oxygens (including phenoxy) is 1. The van der Waals surface area contributed by atoms with Gasteiger partial charge in [-0.15, -0.1) is 0 Å². The van der Waals surface area contributed by atoms with E-state index in [4.69, 9.17) is 4.74 Å². The van der Waals surface area contributed by atoms with Gasteiger partial charge in [-0.1, -0.05) is 57.7 Å². The molecule has 4 heteroatoms. The zero-order valence-corrected chi connectivity index (χ0v) is 19.4. The second-order valence-electron chi connectivity index (χ2n) is 10.8. The molecule has 1 aromatic rings. The molecule has 0 saturated heterocycles. The first kappa shape index (κ1) is 21.7. The van der Waals surface area contributed by atoms with Crippen LogP contribution in [0.5, 0.6) is 0 Å². The molecular formula is C26H40N2O2. The average molecular weight is 413 g/mol. The van der Waals surface area contributed by atoms with Crippen LogP contribution in [0.3, 0.4) is 0 Å². The number of benzene rings is 1. The van der Waals surface area contributed by atoms with Gasteiger partial charge in [-0.05, 0) is 67.9 Å². The third-order valence-electron chi connectivity index (χ3n) is 8.94. The highest BCUT2D eigenvalue weighted by atomic mass is 16.5. The molecular weight excluding hydrogens is 372 g/mol. The Morgan fingerprint density at radius 2 is 1.80 bits per heavy atom. The number of fused-ring (bicyclic) bond motifs is 2. The highest BCUT2D eigenvalue weighted by Gasteiger charge is 2.61. The molecule has 3 aliphatic carbocycles. The van der Waals surface area contributed by atoms with Crippen molar-refractivity contribution >= 4 is 11.7 Å². The van der Waals surface area contributed by atoms with Gasteiger partial charge in [-0.3, -0.25) is 0 Å². The number of anilines is 1. The molecule has 0 heterocycles. The molecule has 0 radical (unpaired) electrons. The van der Waals surface area contributed by atoms with Crippen LogP contribution in [0, 0.1) is 23.7 Å². The number of carbonyl (C=O) groups excluding carboxylic acids is 1. The van der Waals surface area contributed by atoms with Crippen molar-refractivity contribution in [2.75, 3.05) is 18.5 Å². The number of amides is 2. The number of hydrogen-bond acceptors (Lipinski definition) is 2. The van der Waals surface area contributed by atoms with Gasteiger partial charge in [0.25, 0.3) is 0 Å². The lowest BCUT2D eigenvalue weighted by atomic mass is 9.70. The zero-order chi connectivity index (χ0) is 21.4. The fourth-order valence-corrected chi connectivity index (χ4v) is 6.35.